The van der Waals surface area contributed by atoms with E-state index in [0.29, 0.717) is 18.0 Å². The number of halogens is 2. The maximum Gasteiger partial charge on any atom is 0.227 e. The van der Waals surface area contributed by atoms with Crippen LogP contribution in [0, 0.1) is 5.92 Å². The Labute approximate surface area is 134 Å². The predicted molar refractivity (Wildman–Crippen MR) is 85.9 cm³/mol. The number of carbonyl (C=O) groups is 1. The number of fused-ring (bicyclic) bond motifs is 2. The summed E-state index contributed by atoms with van der Waals surface area (Å²) >= 11 is 0. The second-order valence-corrected chi connectivity index (χ2v) is 6.00. The average molecular weight is 324 g/mol. The van der Waals surface area contributed by atoms with Gasteiger partial charge < -0.3 is 15.1 Å². The smallest absolute Gasteiger partial charge is 0.227 e. The van der Waals surface area contributed by atoms with Crippen LogP contribution in [0.5, 0.6) is 0 Å². The van der Waals surface area contributed by atoms with Crippen molar-refractivity contribution in [3.05, 3.63) is 0 Å². The van der Waals surface area contributed by atoms with Gasteiger partial charge in [-0.25, -0.2) is 0 Å². The molecule has 1 N–H and O–H groups in total. The van der Waals surface area contributed by atoms with E-state index >= 15 is 0 Å². The molecule has 20 heavy (non-hydrogen) atoms. The van der Waals surface area contributed by atoms with Crippen molar-refractivity contribution in [1.82, 2.24) is 15.1 Å². The largest absolute Gasteiger partial charge is 0.335 e. The normalized spacial score (nSPS) is 33.2. The van der Waals surface area contributed by atoms with Gasteiger partial charge in [0.2, 0.25) is 5.91 Å². The first-order valence-electron chi connectivity index (χ1n) is 7.55. The lowest BCUT2D eigenvalue weighted by atomic mass is 10.1. The highest BCUT2D eigenvalue weighted by molar-refractivity contribution is 5.85. The molecule has 3 aliphatic heterocycles. The minimum absolute atomic E-state index is 0. The van der Waals surface area contributed by atoms with Crippen molar-refractivity contribution >= 4 is 30.7 Å². The molecule has 2 bridgehead atoms. The average Bonchev–Trinajstić information content (AvgIpc) is 2.96. The maximum atomic E-state index is 12.7. The molecule has 3 aliphatic rings. The van der Waals surface area contributed by atoms with Crippen molar-refractivity contribution < 1.29 is 4.79 Å². The molecule has 3 heterocycles. The summed E-state index contributed by atoms with van der Waals surface area (Å²) in [6.07, 6.45) is 4.66. The fourth-order valence-electron chi connectivity index (χ4n) is 3.87. The molecule has 3 unspecified atom stereocenters. The van der Waals surface area contributed by atoms with E-state index in [1.807, 2.05) is 0 Å². The molecule has 0 aliphatic carbocycles. The van der Waals surface area contributed by atoms with Crippen molar-refractivity contribution in [2.45, 2.75) is 44.7 Å². The molecule has 3 saturated heterocycles. The molecule has 118 valence electrons. The van der Waals surface area contributed by atoms with Crippen LogP contribution in [-0.4, -0.2) is 60.5 Å². The number of hydrogen-bond donors (Lipinski definition) is 1. The van der Waals surface area contributed by atoms with E-state index in [9.17, 15) is 4.79 Å². The van der Waals surface area contributed by atoms with Crippen LogP contribution in [0.1, 0.15) is 32.6 Å². The van der Waals surface area contributed by atoms with E-state index < -0.39 is 0 Å². The molecule has 0 aromatic carbocycles. The fraction of sp³-hybridized carbons (Fsp3) is 0.929. The van der Waals surface area contributed by atoms with Crippen molar-refractivity contribution in [2.24, 2.45) is 5.92 Å². The Morgan fingerprint density at radius 3 is 2.55 bits per heavy atom. The van der Waals surface area contributed by atoms with E-state index in [0.717, 1.165) is 32.6 Å². The molecule has 0 radical (unpaired) electrons. The number of hydrogen-bond acceptors (Lipinski definition) is 3. The molecule has 3 fully saturated rings. The molecule has 0 saturated carbocycles. The molecule has 3 atom stereocenters. The van der Waals surface area contributed by atoms with Gasteiger partial charge in [-0.15, -0.1) is 24.8 Å². The number of amides is 1. The van der Waals surface area contributed by atoms with E-state index in [-0.39, 0.29) is 30.7 Å². The van der Waals surface area contributed by atoms with E-state index in [4.69, 9.17) is 0 Å². The number of nitrogens with one attached hydrogen (secondary N) is 1. The monoisotopic (exact) mass is 323 g/mol. The van der Waals surface area contributed by atoms with Gasteiger partial charge in [-0.05, 0) is 38.8 Å². The Hall–Kier alpha value is -0.0300. The van der Waals surface area contributed by atoms with Crippen molar-refractivity contribution in [2.75, 3.05) is 32.7 Å². The highest BCUT2D eigenvalue weighted by Crippen LogP contribution is 2.32. The highest BCUT2D eigenvalue weighted by Gasteiger charge is 2.42. The van der Waals surface area contributed by atoms with Gasteiger partial charge >= 0.3 is 0 Å². The third-order valence-electron chi connectivity index (χ3n) is 4.98. The summed E-state index contributed by atoms with van der Waals surface area (Å²) in [6, 6.07) is 1.02. The summed E-state index contributed by atoms with van der Waals surface area (Å²) in [6.45, 7) is 7.53. The second kappa shape index (κ2) is 7.83. The number of rotatable bonds is 2. The van der Waals surface area contributed by atoms with Gasteiger partial charge in [0, 0.05) is 31.7 Å². The Morgan fingerprint density at radius 1 is 1.15 bits per heavy atom. The van der Waals surface area contributed by atoms with Gasteiger partial charge in [-0.3, -0.25) is 4.79 Å². The summed E-state index contributed by atoms with van der Waals surface area (Å²) in [5.74, 6) is 0.687. The van der Waals surface area contributed by atoms with Gasteiger partial charge in [0.1, 0.15) is 0 Å². The van der Waals surface area contributed by atoms with Crippen molar-refractivity contribution in [3.8, 4) is 0 Å². The third kappa shape index (κ3) is 3.41. The van der Waals surface area contributed by atoms with Crippen LogP contribution in [0.15, 0.2) is 0 Å². The number of likely N-dealkylation sites (tertiary alicyclic amines) is 1. The van der Waals surface area contributed by atoms with Gasteiger partial charge in [-0.1, -0.05) is 6.92 Å². The Morgan fingerprint density at radius 2 is 1.90 bits per heavy atom. The second-order valence-electron chi connectivity index (χ2n) is 6.00. The fourth-order valence-corrected chi connectivity index (χ4v) is 3.87. The van der Waals surface area contributed by atoms with Crippen molar-refractivity contribution in [1.29, 1.82) is 0 Å². The Balaban J connectivity index is 0.000001000. The van der Waals surface area contributed by atoms with Gasteiger partial charge in [0.15, 0.2) is 0 Å². The predicted octanol–water partition coefficient (Wildman–Crippen LogP) is 1.52. The standard InChI is InChI=1S/C14H25N3O.2ClH/c1-2-16-8-6-12-3-4-13(10-16)17(12)14(18)11-5-7-15-9-11;;/h11-13,15H,2-10H2,1H3;2*1H. The Kier molecular flexibility index (Phi) is 7.06. The summed E-state index contributed by atoms with van der Waals surface area (Å²) in [4.78, 5) is 17.5. The van der Waals surface area contributed by atoms with Crippen LogP contribution < -0.4 is 5.32 Å². The number of carbonyl (C=O) groups excluding carboxylic acids is 1. The van der Waals surface area contributed by atoms with Crippen LogP contribution in [0.2, 0.25) is 0 Å². The summed E-state index contributed by atoms with van der Waals surface area (Å²) in [5.41, 5.74) is 0. The minimum Gasteiger partial charge on any atom is -0.335 e. The maximum absolute atomic E-state index is 12.7. The van der Waals surface area contributed by atoms with Gasteiger partial charge in [0.25, 0.3) is 0 Å². The zero-order chi connectivity index (χ0) is 12.5. The summed E-state index contributed by atoms with van der Waals surface area (Å²) < 4.78 is 0. The quantitative estimate of drug-likeness (QED) is 0.837. The SMILES string of the molecule is CCN1CCC2CCC(C1)N2C(=O)C1CCNC1.Cl.Cl. The minimum atomic E-state index is 0. The van der Waals surface area contributed by atoms with E-state index in [1.54, 1.807) is 0 Å². The Bertz CT molecular complexity index is 324. The lowest BCUT2D eigenvalue weighted by Crippen LogP contribution is -2.46. The molecule has 4 nitrogen and oxygen atoms in total. The molecular formula is C14H27Cl2N3O. The number of nitrogens with zero attached hydrogens (tertiary/aromatic N) is 2. The summed E-state index contributed by atoms with van der Waals surface area (Å²) in [5, 5.41) is 3.32. The molecule has 0 aromatic rings. The lowest BCUT2D eigenvalue weighted by molar-refractivity contribution is -0.137. The summed E-state index contributed by atoms with van der Waals surface area (Å²) in [7, 11) is 0. The molecule has 0 aromatic heterocycles. The molecule has 6 heteroatoms. The van der Waals surface area contributed by atoms with Crippen LogP contribution >= 0.6 is 24.8 Å². The van der Waals surface area contributed by atoms with Crippen LogP contribution in [-0.2, 0) is 4.79 Å². The topological polar surface area (TPSA) is 35.6 Å². The molecule has 1 amide bonds. The molecular weight excluding hydrogens is 297 g/mol. The van der Waals surface area contributed by atoms with E-state index in [1.165, 1.54) is 25.8 Å². The third-order valence-corrected chi connectivity index (χ3v) is 4.98. The highest BCUT2D eigenvalue weighted by atomic mass is 35.5. The molecule has 3 rings (SSSR count). The van der Waals surface area contributed by atoms with Crippen LogP contribution in [0.4, 0.5) is 0 Å². The zero-order valence-electron chi connectivity index (χ0n) is 12.2. The first-order valence-corrected chi connectivity index (χ1v) is 7.55. The van der Waals surface area contributed by atoms with Crippen LogP contribution in [0.25, 0.3) is 0 Å². The first-order chi connectivity index (χ1) is 8.79. The first kappa shape index (κ1) is 18.0. The van der Waals surface area contributed by atoms with Gasteiger partial charge in [-0.2, -0.15) is 0 Å². The van der Waals surface area contributed by atoms with Gasteiger partial charge in [0.05, 0.1) is 5.92 Å². The van der Waals surface area contributed by atoms with Crippen molar-refractivity contribution in [3.63, 3.8) is 0 Å². The van der Waals surface area contributed by atoms with E-state index in [2.05, 4.69) is 22.0 Å². The number of likely N-dealkylation sites (N-methyl/N-ethyl adjacent to an activating group) is 1. The zero-order valence-corrected chi connectivity index (χ0v) is 13.8. The molecule has 0 spiro atoms. The lowest BCUT2D eigenvalue weighted by Gasteiger charge is -2.31. The van der Waals surface area contributed by atoms with Crippen LogP contribution in [0.3, 0.4) is 0 Å².